The third kappa shape index (κ3) is 3.04. The lowest BCUT2D eigenvalue weighted by Gasteiger charge is -2.43. The van der Waals surface area contributed by atoms with Gasteiger partial charge in [-0.1, -0.05) is 18.0 Å². The van der Waals surface area contributed by atoms with Crippen LogP contribution in [0.4, 0.5) is 0 Å². The van der Waals surface area contributed by atoms with Crippen LogP contribution >= 0.6 is 11.6 Å². The van der Waals surface area contributed by atoms with Gasteiger partial charge in [0.1, 0.15) is 0 Å². The van der Waals surface area contributed by atoms with Gasteiger partial charge in [0.2, 0.25) is 10.0 Å². The molecule has 0 unspecified atom stereocenters. The predicted molar refractivity (Wildman–Crippen MR) is 91.3 cm³/mol. The first kappa shape index (κ1) is 17.2. The van der Waals surface area contributed by atoms with Crippen LogP contribution in [-0.2, 0) is 14.8 Å². The van der Waals surface area contributed by atoms with E-state index in [0.717, 1.165) is 32.1 Å². The summed E-state index contributed by atoms with van der Waals surface area (Å²) in [5.41, 5.74) is 0.687. The predicted octanol–water partition coefficient (Wildman–Crippen LogP) is 3.62. The van der Waals surface area contributed by atoms with Crippen LogP contribution in [0.3, 0.4) is 0 Å². The number of hydrogen-bond donors (Lipinski definition) is 0. The summed E-state index contributed by atoms with van der Waals surface area (Å²) < 4.78 is 33.5. The van der Waals surface area contributed by atoms with Gasteiger partial charge in [0, 0.05) is 30.6 Å². The summed E-state index contributed by atoms with van der Waals surface area (Å²) in [7, 11) is -1.74. The van der Waals surface area contributed by atoms with Crippen molar-refractivity contribution in [1.29, 1.82) is 0 Å². The van der Waals surface area contributed by atoms with Crippen molar-refractivity contribution in [2.24, 2.45) is 5.41 Å². The van der Waals surface area contributed by atoms with Crippen molar-refractivity contribution in [3.63, 3.8) is 0 Å². The topological polar surface area (TPSA) is 46.6 Å². The van der Waals surface area contributed by atoms with Gasteiger partial charge >= 0.3 is 0 Å². The fourth-order valence-corrected chi connectivity index (χ4v) is 6.31. The Balaban J connectivity index is 1.91. The number of sulfonamides is 1. The van der Waals surface area contributed by atoms with Crippen LogP contribution < -0.4 is 0 Å². The van der Waals surface area contributed by atoms with Crippen molar-refractivity contribution >= 4 is 21.6 Å². The lowest BCUT2D eigenvalue weighted by Crippen LogP contribution is -2.49. The van der Waals surface area contributed by atoms with E-state index in [-0.39, 0.29) is 11.5 Å². The Kier molecular flexibility index (Phi) is 4.76. The van der Waals surface area contributed by atoms with Crippen LogP contribution in [0.25, 0.3) is 0 Å². The fraction of sp³-hybridized carbons (Fsp3) is 0.647. The van der Waals surface area contributed by atoms with E-state index in [9.17, 15) is 8.42 Å². The van der Waals surface area contributed by atoms with Gasteiger partial charge in [-0.05, 0) is 56.4 Å². The number of rotatable bonds is 3. The molecule has 0 N–H and O–H groups in total. The van der Waals surface area contributed by atoms with Crippen molar-refractivity contribution in [1.82, 2.24) is 4.31 Å². The highest BCUT2D eigenvalue weighted by atomic mass is 35.5. The summed E-state index contributed by atoms with van der Waals surface area (Å²) in [4.78, 5) is 0.367. The number of piperidine rings is 1. The molecule has 2 aliphatic rings. The molecule has 1 aliphatic carbocycles. The Morgan fingerprint density at radius 3 is 2.74 bits per heavy atom. The van der Waals surface area contributed by atoms with E-state index in [1.165, 1.54) is 0 Å². The number of hydrogen-bond acceptors (Lipinski definition) is 3. The SMILES string of the molecule is CO[C@@H]1CCC[C@]12CCCN(S(=O)(=O)c1ccc(Cl)cc1C)C2. The molecule has 0 aromatic heterocycles. The molecule has 1 saturated carbocycles. The highest BCUT2D eigenvalue weighted by molar-refractivity contribution is 7.89. The minimum absolute atomic E-state index is 0.0135. The van der Waals surface area contributed by atoms with Crippen molar-refractivity contribution in [2.45, 2.75) is 50.0 Å². The van der Waals surface area contributed by atoms with Crippen LogP contribution in [0, 0.1) is 12.3 Å². The monoisotopic (exact) mass is 357 g/mol. The van der Waals surface area contributed by atoms with Gasteiger partial charge in [-0.2, -0.15) is 4.31 Å². The number of ether oxygens (including phenoxy) is 1. The molecule has 0 amide bonds. The highest BCUT2D eigenvalue weighted by Gasteiger charge is 2.48. The lowest BCUT2D eigenvalue weighted by molar-refractivity contribution is -0.0184. The molecule has 0 bridgehead atoms. The molecule has 2 fully saturated rings. The maximum atomic E-state index is 13.1. The summed E-state index contributed by atoms with van der Waals surface area (Å²) in [6.07, 6.45) is 5.32. The van der Waals surface area contributed by atoms with Gasteiger partial charge in [-0.3, -0.25) is 0 Å². The van der Waals surface area contributed by atoms with Gasteiger partial charge in [0.15, 0.2) is 0 Å². The second kappa shape index (κ2) is 6.36. The molecule has 1 aromatic carbocycles. The standard InChI is InChI=1S/C17H24ClNO3S/c1-13-11-14(18)6-7-15(13)23(20,21)19-10-4-9-17(12-19)8-3-5-16(17)22-2/h6-7,11,16H,3-5,8-10,12H2,1-2H3/t16-,17-/m1/s1. The van der Waals surface area contributed by atoms with E-state index in [1.54, 1.807) is 36.5 Å². The average molecular weight is 358 g/mol. The van der Waals surface area contributed by atoms with E-state index in [0.29, 0.717) is 28.6 Å². The molecule has 1 spiro atoms. The molecule has 128 valence electrons. The van der Waals surface area contributed by atoms with E-state index < -0.39 is 10.0 Å². The average Bonchev–Trinajstić information content (AvgIpc) is 2.88. The number of methoxy groups -OCH3 is 1. The molecular formula is C17H24ClNO3S. The third-order valence-corrected chi connectivity index (χ3v) is 7.68. The van der Waals surface area contributed by atoms with Crippen molar-refractivity contribution < 1.29 is 13.2 Å². The second-order valence-electron chi connectivity index (χ2n) is 6.83. The quantitative estimate of drug-likeness (QED) is 0.830. The summed E-state index contributed by atoms with van der Waals surface area (Å²) in [5.74, 6) is 0. The highest BCUT2D eigenvalue weighted by Crippen LogP contribution is 2.47. The molecule has 3 rings (SSSR count). The molecule has 0 radical (unpaired) electrons. The van der Waals surface area contributed by atoms with Gasteiger partial charge in [-0.15, -0.1) is 0 Å². The minimum Gasteiger partial charge on any atom is -0.381 e. The first-order valence-electron chi connectivity index (χ1n) is 8.18. The Labute approximate surface area is 143 Å². The summed E-state index contributed by atoms with van der Waals surface area (Å²) in [5, 5.41) is 0.562. The normalized spacial score (nSPS) is 29.3. The van der Waals surface area contributed by atoms with Crippen molar-refractivity contribution in [3.05, 3.63) is 28.8 Å². The van der Waals surface area contributed by atoms with Crippen LogP contribution in [0.2, 0.25) is 5.02 Å². The van der Waals surface area contributed by atoms with Crippen molar-refractivity contribution in [3.8, 4) is 0 Å². The summed E-state index contributed by atoms with van der Waals surface area (Å²) in [6.45, 7) is 2.95. The second-order valence-corrected chi connectivity index (χ2v) is 9.17. The number of nitrogens with zero attached hydrogens (tertiary/aromatic N) is 1. The first-order chi connectivity index (χ1) is 10.9. The number of halogens is 1. The first-order valence-corrected chi connectivity index (χ1v) is 10.00. The number of aryl methyl sites for hydroxylation is 1. The van der Waals surface area contributed by atoms with E-state index in [4.69, 9.17) is 16.3 Å². The Morgan fingerprint density at radius 2 is 2.04 bits per heavy atom. The Morgan fingerprint density at radius 1 is 1.30 bits per heavy atom. The van der Waals surface area contributed by atoms with E-state index in [1.807, 2.05) is 0 Å². The molecular weight excluding hydrogens is 334 g/mol. The van der Waals surface area contributed by atoms with Gasteiger partial charge < -0.3 is 4.74 Å². The molecule has 1 heterocycles. The molecule has 1 aromatic rings. The number of benzene rings is 1. The van der Waals surface area contributed by atoms with Gasteiger partial charge in [0.05, 0.1) is 11.0 Å². The van der Waals surface area contributed by atoms with Crippen LogP contribution in [0.5, 0.6) is 0 Å². The maximum absolute atomic E-state index is 13.1. The van der Waals surface area contributed by atoms with Crippen molar-refractivity contribution in [2.75, 3.05) is 20.2 Å². The molecule has 1 aliphatic heterocycles. The zero-order valence-electron chi connectivity index (χ0n) is 13.7. The van der Waals surface area contributed by atoms with Crippen LogP contribution in [0.1, 0.15) is 37.7 Å². The smallest absolute Gasteiger partial charge is 0.243 e. The van der Waals surface area contributed by atoms with Gasteiger partial charge in [-0.25, -0.2) is 8.42 Å². The van der Waals surface area contributed by atoms with Crippen LogP contribution in [0.15, 0.2) is 23.1 Å². The minimum atomic E-state index is -3.49. The summed E-state index contributed by atoms with van der Waals surface area (Å²) in [6, 6.07) is 4.98. The fourth-order valence-electron chi connectivity index (χ4n) is 4.30. The third-order valence-electron chi connectivity index (χ3n) is 5.44. The van der Waals surface area contributed by atoms with E-state index in [2.05, 4.69) is 0 Å². The maximum Gasteiger partial charge on any atom is 0.243 e. The summed E-state index contributed by atoms with van der Waals surface area (Å²) >= 11 is 5.96. The molecule has 6 heteroatoms. The molecule has 2 atom stereocenters. The Hall–Kier alpha value is -0.620. The zero-order chi connectivity index (χ0) is 16.7. The molecule has 23 heavy (non-hydrogen) atoms. The largest absolute Gasteiger partial charge is 0.381 e. The van der Waals surface area contributed by atoms with Crippen LogP contribution in [-0.4, -0.2) is 39.0 Å². The van der Waals surface area contributed by atoms with Gasteiger partial charge in [0.25, 0.3) is 0 Å². The lowest BCUT2D eigenvalue weighted by atomic mass is 9.77. The molecule has 1 saturated heterocycles. The molecule has 4 nitrogen and oxygen atoms in total. The van der Waals surface area contributed by atoms with E-state index >= 15 is 0 Å². The zero-order valence-corrected chi connectivity index (χ0v) is 15.3. The Bertz CT molecular complexity index is 691.